The third kappa shape index (κ3) is 6.12. The number of benzene rings is 2. The molecule has 0 aliphatic heterocycles. The third-order valence-electron chi connectivity index (χ3n) is 4.50. The van der Waals surface area contributed by atoms with Gasteiger partial charge in [0.25, 0.3) is 5.69 Å². The van der Waals surface area contributed by atoms with E-state index in [4.69, 9.17) is 11.6 Å². The lowest BCUT2D eigenvalue weighted by molar-refractivity contribution is -0.385. The summed E-state index contributed by atoms with van der Waals surface area (Å²) in [7, 11) is -3.93. The summed E-state index contributed by atoms with van der Waals surface area (Å²) in [6.45, 7) is 3.50. The van der Waals surface area contributed by atoms with Gasteiger partial charge in [0.15, 0.2) is 0 Å². The number of nitro benzene ring substituents is 1. The highest BCUT2D eigenvalue weighted by Crippen LogP contribution is 2.24. The molecule has 0 spiro atoms. The van der Waals surface area contributed by atoms with Crippen LogP contribution in [-0.2, 0) is 10.0 Å². The second-order valence-electron chi connectivity index (χ2n) is 7.21. The van der Waals surface area contributed by atoms with Crippen LogP contribution in [0.4, 0.5) is 5.69 Å². The molecular weight excluding hydrogens is 428 g/mol. The predicted molar refractivity (Wildman–Crippen MR) is 118 cm³/mol. The Morgan fingerprint density at radius 1 is 1.17 bits per heavy atom. The Labute approximate surface area is 181 Å². The van der Waals surface area contributed by atoms with E-state index in [1.807, 2.05) is 13.8 Å². The Morgan fingerprint density at radius 2 is 1.80 bits per heavy atom. The van der Waals surface area contributed by atoms with Gasteiger partial charge in [-0.3, -0.25) is 10.1 Å². The van der Waals surface area contributed by atoms with E-state index < -0.39 is 21.0 Å². The molecule has 2 aromatic rings. The lowest BCUT2D eigenvalue weighted by Crippen LogP contribution is -2.43. The minimum absolute atomic E-state index is 0.0467. The normalized spacial score (nSPS) is 13.3. The smallest absolute Gasteiger partial charge is 0.276 e. The molecule has 0 aliphatic rings. The van der Waals surface area contributed by atoms with Crippen molar-refractivity contribution in [1.29, 1.82) is 0 Å². The largest absolute Gasteiger partial charge is 0.395 e. The van der Waals surface area contributed by atoms with E-state index in [9.17, 15) is 23.6 Å². The number of para-hydroxylation sites is 1. The van der Waals surface area contributed by atoms with Crippen molar-refractivity contribution in [3.05, 3.63) is 75.3 Å². The Balaban J connectivity index is 2.39. The van der Waals surface area contributed by atoms with Crippen LogP contribution in [0.25, 0.3) is 6.08 Å². The highest BCUT2D eigenvalue weighted by Gasteiger charge is 2.30. The quantitative estimate of drug-likeness (QED) is 0.426. The Bertz CT molecular complexity index is 991. The number of halogens is 1. The maximum Gasteiger partial charge on any atom is 0.276 e. The average Bonchev–Trinajstić information content (AvgIpc) is 2.70. The van der Waals surface area contributed by atoms with E-state index in [1.54, 1.807) is 24.3 Å². The molecule has 1 N–H and O–H groups in total. The van der Waals surface area contributed by atoms with Crippen molar-refractivity contribution in [3.8, 4) is 0 Å². The molecule has 7 nitrogen and oxygen atoms in total. The molecule has 0 bridgehead atoms. The topological polar surface area (TPSA) is 101 Å². The van der Waals surface area contributed by atoms with Gasteiger partial charge in [-0.25, -0.2) is 8.42 Å². The molecule has 1 atom stereocenters. The zero-order chi connectivity index (χ0) is 22.3. The standard InChI is InChI=1S/C21H25ClN2O5S/c1-16(2)14-19(15-25)23(30(28,29)20-11-9-18(22)10-12-20)13-5-7-17-6-3-4-8-21(17)24(26)27/h3-12,16,19,25H,13-15H2,1-2H3. The summed E-state index contributed by atoms with van der Waals surface area (Å²) < 4.78 is 27.8. The average molecular weight is 453 g/mol. The molecule has 0 fully saturated rings. The first-order valence-electron chi connectivity index (χ1n) is 9.45. The summed E-state index contributed by atoms with van der Waals surface area (Å²) in [6, 6.07) is 11.4. The molecule has 0 aliphatic carbocycles. The lowest BCUT2D eigenvalue weighted by atomic mass is 10.0. The van der Waals surface area contributed by atoms with Gasteiger partial charge < -0.3 is 5.11 Å². The fraction of sp³-hybridized carbons (Fsp3) is 0.333. The van der Waals surface area contributed by atoms with Gasteiger partial charge in [-0.1, -0.05) is 49.7 Å². The minimum Gasteiger partial charge on any atom is -0.395 e. The molecule has 162 valence electrons. The summed E-state index contributed by atoms with van der Waals surface area (Å²) in [5, 5.41) is 21.5. The van der Waals surface area contributed by atoms with Crippen molar-refractivity contribution < 1.29 is 18.4 Å². The monoisotopic (exact) mass is 452 g/mol. The number of aliphatic hydroxyl groups is 1. The highest BCUT2D eigenvalue weighted by molar-refractivity contribution is 7.89. The Morgan fingerprint density at radius 3 is 2.37 bits per heavy atom. The summed E-state index contributed by atoms with van der Waals surface area (Å²) in [5.74, 6) is 0.157. The first kappa shape index (κ1) is 24.0. The van der Waals surface area contributed by atoms with Gasteiger partial charge in [0.2, 0.25) is 10.0 Å². The highest BCUT2D eigenvalue weighted by atomic mass is 35.5. The molecule has 0 aromatic heterocycles. The van der Waals surface area contributed by atoms with E-state index in [0.717, 1.165) is 0 Å². The first-order valence-corrected chi connectivity index (χ1v) is 11.3. The number of sulfonamides is 1. The van der Waals surface area contributed by atoms with Crippen molar-refractivity contribution in [2.45, 2.75) is 31.2 Å². The van der Waals surface area contributed by atoms with Gasteiger partial charge in [-0.05, 0) is 42.7 Å². The van der Waals surface area contributed by atoms with Crippen LogP contribution in [0, 0.1) is 16.0 Å². The van der Waals surface area contributed by atoms with Crippen LogP contribution in [0.5, 0.6) is 0 Å². The molecule has 2 rings (SSSR count). The molecule has 2 aromatic carbocycles. The number of hydrogen-bond acceptors (Lipinski definition) is 5. The van der Waals surface area contributed by atoms with Crippen molar-refractivity contribution in [1.82, 2.24) is 4.31 Å². The molecule has 0 radical (unpaired) electrons. The van der Waals surface area contributed by atoms with Gasteiger partial charge >= 0.3 is 0 Å². The minimum atomic E-state index is -3.93. The number of aliphatic hydroxyl groups excluding tert-OH is 1. The molecule has 30 heavy (non-hydrogen) atoms. The van der Waals surface area contributed by atoms with E-state index in [1.165, 1.54) is 40.7 Å². The predicted octanol–water partition coefficient (Wildman–Crippen LogP) is 4.36. The second kappa shape index (κ2) is 10.7. The van der Waals surface area contributed by atoms with Crippen molar-refractivity contribution in [2.75, 3.05) is 13.2 Å². The molecule has 0 amide bonds. The SMILES string of the molecule is CC(C)CC(CO)N(CC=Cc1ccccc1[N+](=O)[O-])S(=O)(=O)c1ccc(Cl)cc1. The van der Waals surface area contributed by atoms with Crippen LogP contribution in [0.3, 0.4) is 0 Å². The second-order valence-corrected chi connectivity index (χ2v) is 9.54. The van der Waals surface area contributed by atoms with Crippen molar-refractivity contribution in [3.63, 3.8) is 0 Å². The summed E-state index contributed by atoms with van der Waals surface area (Å²) >= 11 is 5.88. The number of rotatable bonds is 10. The van der Waals surface area contributed by atoms with Crippen LogP contribution in [0.15, 0.2) is 59.5 Å². The molecular formula is C21H25ClN2O5S. The molecule has 1 unspecified atom stereocenters. The van der Waals surface area contributed by atoms with Crippen LogP contribution in [0.1, 0.15) is 25.8 Å². The maximum absolute atomic E-state index is 13.3. The van der Waals surface area contributed by atoms with Crippen LogP contribution >= 0.6 is 11.6 Å². The van der Waals surface area contributed by atoms with E-state index >= 15 is 0 Å². The summed E-state index contributed by atoms with van der Waals surface area (Å²) in [4.78, 5) is 10.8. The van der Waals surface area contributed by atoms with Gasteiger partial charge in [-0.2, -0.15) is 4.31 Å². The maximum atomic E-state index is 13.3. The molecule has 0 heterocycles. The zero-order valence-corrected chi connectivity index (χ0v) is 18.4. The third-order valence-corrected chi connectivity index (χ3v) is 6.68. The molecule has 0 saturated carbocycles. The van der Waals surface area contributed by atoms with Gasteiger partial charge in [0.1, 0.15) is 0 Å². The molecule has 0 saturated heterocycles. The zero-order valence-electron chi connectivity index (χ0n) is 16.8. The van der Waals surface area contributed by atoms with E-state index in [0.29, 0.717) is 17.0 Å². The number of nitrogens with zero attached hydrogens (tertiary/aromatic N) is 2. The Hall–Kier alpha value is -2.26. The fourth-order valence-corrected chi connectivity index (χ4v) is 4.80. The Kier molecular flexibility index (Phi) is 8.54. The van der Waals surface area contributed by atoms with Crippen LogP contribution in [-0.4, -0.2) is 41.9 Å². The van der Waals surface area contributed by atoms with Crippen molar-refractivity contribution >= 4 is 33.4 Å². The number of hydrogen-bond donors (Lipinski definition) is 1. The summed E-state index contributed by atoms with van der Waals surface area (Å²) in [6.07, 6.45) is 3.54. The molecule has 9 heteroatoms. The van der Waals surface area contributed by atoms with Crippen LogP contribution in [0.2, 0.25) is 5.02 Å². The van der Waals surface area contributed by atoms with Crippen LogP contribution < -0.4 is 0 Å². The van der Waals surface area contributed by atoms with Gasteiger partial charge in [0.05, 0.1) is 22.0 Å². The fourth-order valence-electron chi connectivity index (χ4n) is 3.09. The first-order chi connectivity index (χ1) is 14.2. The lowest BCUT2D eigenvalue weighted by Gasteiger charge is -2.30. The van der Waals surface area contributed by atoms with Gasteiger partial charge in [-0.15, -0.1) is 0 Å². The summed E-state index contributed by atoms with van der Waals surface area (Å²) in [5.41, 5.74) is 0.303. The van der Waals surface area contributed by atoms with Crippen molar-refractivity contribution in [2.24, 2.45) is 5.92 Å². The van der Waals surface area contributed by atoms with E-state index in [-0.39, 0.29) is 29.7 Å². The van der Waals surface area contributed by atoms with E-state index in [2.05, 4.69) is 0 Å². The number of nitro groups is 1. The van der Waals surface area contributed by atoms with Gasteiger partial charge in [0, 0.05) is 23.7 Å².